The summed E-state index contributed by atoms with van der Waals surface area (Å²) in [4.78, 5) is 49.0. The van der Waals surface area contributed by atoms with Crippen molar-refractivity contribution < 1.29 is 60.2 Å². The van der Waals surface area contributed by atoms with E-state index in [0.29, 0.717) is 44.6 Å². The molecule has 0 spiro atoms. The van der Waals surface area contributed by atoms with Crippen LogP contribution in [0.4, 0.5) is 32.0 Å². The molecule has 0 unspecified atom stereocenters. The lowest BCUT2D eigenvalue weighted by Crippen LogP contribution is -2.43. The standard InChI is InChI=1S/C39H51N5O3.2C2HF3O2/c1-5-42(6-2)29-16-18-33-35(26-29)47-36-27-30(43(7-3)8-4)17-19-34(36)37(33)31-14-10-11-15-32(31)39(46)44-24-20-28(21-25-44)38(45)41-23-13-9-12-22-40;2*3-2(4,5)1(6)7/h10-11,14-19,26-28H,5-9,12-13,20-25,40H2,1-4H3;2*(H,6,7). The number of hydrogen-bond acceptors (Lipinski definition) is 8. The van der Waals surface area contributed by atoms with Gasteiger partial charge in [-0.3, -0.25) is 9.59 Å². The van der Waals surface area contributed by atoms with Crippen LogP contribution in [0.3, 0.4) is 0 Å². The molecular weight excluding hydrogens is 812 g/mol. The maximum absolute atomic E-state index is 14.2. The Labute approximate surface area is 350 Å². The van der Waals surface area contributed by atoms with E-state index in [-0.39, 0.29) is 17.7 Å². The number of aliphatic carboxylic acids is 2. The van der Waals surface area contributed by atoms with Crippen LogP contribution in [0.15, 0.2) is 65.1 Å². The number of nitrogens with zero attached hydrogens (tertiary/aromatic N) is 3. The number of rotatable bonds is 13. The number of nitrogens with one attached hydrogen (secondary N) is 1. The summed E-state index contributed by atoms with van der Waals surface area (Å²) in [6.45, 7) is 14.7. The van der Waals surface area contributed by atoms with E-state index in [1.54, 1.807) is 0 Å². The number of hydrogen-bond donors (Lipinski definition) is 3. The third-order valence-electron chi connectivity index (χ3n) is 10.2. The summed E-state index contributed by atoms with van der Waals surface area (Å²) in [7, 11) is 0. The van der Waals surface area contributed by atoms with Crippen LogP contribution in [0, 0.1) is 5.92 Å². The van der Waals surface area contributed by atoms with Crippen molar-refractivity contribution in [1.82, 2.24) is 14.8 Å². The third-order valence-corrected chi connectivity index (χ3v) is 10.2. The van der Waals surface area contributed by atoms with Crippen molar-refractivity contribution in [1.29, 1.82) is 0 Å². The summed E-state index contributed by atoms with van der Waals surface area (Å²) in [5.74, 6) is -4.93. The summed E-state index contributed by atoms with van der Waals surface area (Å²) < 4.78 is 72.3. The Morgan fingerprint density at radius 3 is 2.02 bits per heavy atom. The summed E-state index contributed by atoms with van der Waals surface area (Å²) in [6.07, 6.45) is -5.99. The van der Waals surface area contributed by atoms with E-state index in [2.05, 4.69) is 85.0 Å². The fourth-order valence-corrected chi connectivity index (χ4v) is 6.93. The van der Waals surface area contributed by atoms with Gasteiger partial charge in [-0.15, -0.1) is 0 Å². The first-order valence-electron chi connectivity index (χ1n) is 20.1. The van der Waals surface area contributed by atoms with Gasteiger partial charge in [0.25, 0.3) is 5.91 Å². The Hall–Kier alpha value is -5.65. The molecular formula is C43H53F6N5O7. The quantitative estimate of drug-likeness (QED) is 0.0642. The second-order valence-electron chi connectivity index (χ2n) is 14.0. The molecule has 1 saturated heterocycles. The van der Waals surface area contributed by atoms with Crippen LogP contribution < -0.4 is 31.0 Å². The summed E-state index contributed by atoms with van der Waals surface area (Å²) in [5, 5.41) is 21.1. The Bertz CT molecular complexity index is 2110. The van der Waals surface area contributed by atoms with E-state index in [0.717, 1.165) is 89.9 Å². The van der Waals surface area contributed by atoms with Crippen molar-refractivity contribution in [3.63, 3.8) is 0 Å². The first-order chi connectivity index (χ1) is 28.8. The van der Waals surface area contributed by atoms with Crippen molar-refractivity contribution in [3.05, 3.63) is 71.6 Å². The van der Waals surface area contributed by atoms with Crippen molar-refractivity contribution in [3.8, 4) is 22.5 Å². The average molecular weight is 866 g/mol. The van der Waals surface area contributed by atoms with Crippen molar-refractivity contribution in [2.75, 3.05) is 57.3 Å². The highest BCUT2D eigenvalue weighted by atomic mass is 19.4. The van der Waals surface area contributed by atoms with E-state index in [4.69, 9.17) is 30.0 Å². The molecule has 0 saturated carbocycles. The van der Waals surface area contributed by atoms with Crippen LogP contribution in [0.25, 0.3) is 33.4 Å². The molecule has 3 aliphatic rings. The van der Waals surface area contributed by atoms with E-state index >= 15 is 0 Å². The largest absolute Gasteiger partial charge is 0.542 e. The first-order valence-corrected chi connectivity index (χ1v) is 20.1. The molecule has 2 aromatic rings. The summed E-state index contributed by atoms with van der Waals surface area (Å²) in [5.41, 5.74) is 11.0. The van der Waals surface area contributed by atoms with Crippen LogP contribution in [-0.4, -0.2) is 98.5 Å². The molecule has 1 aliphatic carbocycles. The molecule has 0 aromatic heterocycles. The molecule has 1 fully saturated rings. The second-order valence-corrected chi connectivity index (χ2v) is 14.0. The third kappa shape index (κ3) is 13.7. The molecule has 0 radical (unpaired) electrons. The molecule has 2 amide bonds. The fraction of sp³-hybridized carbons (Fsp3) is 0.465. The van der Waals surface area contributed by atoms with Gasteiger partial charge in [0, 0.05) is 78.5 Å². The molecule has 2 aliphatic heterocycles. The number of amides is 2. The molecule has 2 aromatic carbocycles. The Morgan fingerprint density at radius 1 is 0.869 bits per heavy atom. The second kappa shape index (κ2) is 22.8. The number of unbranched alkanes of at least 4 members (excludes halogenated alkanes) is 2. The van der Waals surface area contributed by atoms with Gasteiger partial charge in [-0.1, -0.05) is 24.6 Å². The molecule has 5 rings (SSSR count). The number of likely N-dealkylation sites (tertiary alicyclic amines) is 1. The Balaban J connectivity index is 0.000000609. The summed E-state index contributed by atoms with van der Waals surface area (Å²) >= 11 is 0. The number of anilines is 1. The van der Waals surface area contributed by atoms with Gasteiger partial charge in [-0.2, -0.15) is 26.3 Å². The Kier molecular flexibility index (Phi) is 18.6. The highest BCUT2D eigenvalue weighted by Crippen LogP contribution is 2.42. The van der Waals surface area contributed by atoms with Crippen LogP contribution in [0.1, 0.15) is 70.2 Å². The zero-order valence-electron chi connectivity index (χ0n) is 34.6. The van der Waals surface area contributed by atoms with E-state index in [1.165, 1.54) is 0 Å². The highest BCUT2D eigenvalue weighted by Gasteiger charge is 2.38. The molecule has 334 valence electrons. The van der Waals surface area contributed by atoms with E-state index < -0.39 is 24.3 Å². The number of benzene rings is 3. The van der Waals surface area contributed by atoms with Crippen LogP contribution >= 0.6 is 0 Å². The minimum Gasteiger partial charge on any atom is -0.542 e. The normalized spacial score (nSPS) is 13.1. The fourth-order valence-electron chi connectivity index (χ4n) is 6.93. The number of alkyl halides is 6. The molecule has 12 nitrogen and oxygen atoms in total. The number of halogens is 6. The zero-order valence-corrected chi connectivity index (χ0v) is 34.6. The average Bonchev–Trinajstić information content (AvgIpc) is 3.23. The Morgan fingerprint density at radius 2 is 1.48 bits per heavy atom. The summed E-state index contributed by atoms with van der Waals surface area (Å²) in [6, 6.07) is 20.8. The lowest BCUT2D eigenvalue weighted by atomic mass is 9.89. The number of carboxylic acid groups (broad SMARTS) is 2. The smallest absolute Gasteiger partial charge is 0.490 e. The monoisotopic (exact) mass is 865 g/mol. The molecule has 0 bridgehead atoms. The highest BCUT2D eigenvalue weighted by molar-refractivity contribution is 6.09. The van der Waals surface area contributed by atoms with Crippen molar-refractivity contribution in [2.45, 2.75) is 72.2 Å². The number of fused-ring (bicyclic) bond motifs is 2. The van der Waals surface area contributed by atoms with Gasteiger partial charge in [-0.05, 0) is 89.8 Å². The predicted molar refractivity (Wildman–Crippen MR) is 217 cm³/mol. The molecule has 18 heteroatoms. The zero-order chi connectivity index (χ0) is 45.5. The van der Waals surface area contributed by atoms with Gasteiger partial charge in [0.2, 0.25) is 11.3 Å². The number of carbonyl (C=O) groups is 4. The van der Waals surface area contributed by atoms with Crippen LogP contribution in [0.2, 0.25) is 0 Å². The van der Waals surface area contributed by atoms with Gasteiger partial charge in [0.05, 0.1) is 6.07 Å². The van der Waals surface area contributed by atoms with E-state index in [9.17, 15) is 35.9 Å². The van der Waals surface area contributed by atoms with Gasteiger partial charge >= 0.3 is 18.3 Å². The maximum atomic E-state index is 14.2. The maximum Gasteiger partial charge on any atom is 0.490 e. The molecule has 2 heterocycles. The number of carboxylic acids is 2. The topological polar surface area (TPSA) is 172 Å². The molecule has 4 N–H and O–H groups in total. The predicted octanol–water partition coefficient (Wildman–Crippen LogP) is 5.89. The van der Waals surface area contributed by atoms with Gasteiger partial charge in [0.1, 0.15) is 30.4 Å². The minimum absolute atomic E-state index is 0.00265. The minimum atomic E-state index is -5.19. The lowest BCUT2D eigenvalue weighted by molar-refractivity contribution is -0.344. The molecule has 61 heavy (non-hydrogen) atoms. The number of carbonyl (C=O) groups excluding carboxylic acids is 3. The molecule has 0 atom stereocenters. The van der Waals surface area contributed by atoms with Crippen molar-refractivity contribution >= 4 is 40.4 Å². The van der Waals surface area contributed by atoms with Gasteiger partial charge in [0.15, 0.2) is 0 Å². The van der Waals surface area contributed by atoms with Crippen LogP contribution in [0.5, 0.6) is 0 Å². The first kappa shape index (κ1) is 49.7. The number of piperidine rings is 1. The van der Waals surface area contributed by atoms with E-state index in [1.807, 2.05) is 23.1 Å². The SMILES string of the molecule is CCN(CC)c1ccc2c(-c3ccccc3C(=O)N3CCC(C(=O)NCCCCCN)CC3)c3ccc(=[N+](CC)CC)cc-3oc2c1.O=C(O)C(F)(F)F.O=C([O-])C(F)(F)F. The van der Waals surface area contributed by atoms with Crippen LogP contribution in [-0.2, 0) is 14.4 Å². The van der Waals surface area contributed by atoms with Crippen molar-refractivity contribution in [2.24, 2.45) is 11.7 Å². The van der Waals surface area contributed by atoms with Gasteiger partial charge < -0.3 is 40.3 Å². The lowest BCUT2D eigenvalue weighted by Gasteiger charge is -2.32. The van der Waals surface area contributed by atoms with Gasteiger partial charge in [-0.25, -0.2) is 9.37 Å². The number of nitrogens with two attached hydrogens (primary N) is 1.